The Balaban J connectivity index is 2.05. The van der Waals surface area contributed by atoms with Gasteiger partial charge in [-0.15, -0.1) is 0 Å². The molecule has 2 atom stereocenters. The Bertz CT molecular complexity index is 410. The lowest BCUT2D eigenvalue weighted by Gasteiger charge is -2.28. The summed E-state index contributed by atoms with van der Waals surface area (Å²) in [7, 11) is 0. The van der Waals surface area contributed by atoms with Crippen molar-refractivity contribution in [1.29, 1.82) is 0 Å². The maximum atomic E-state index is 9.28. The van der Waals surface area contributed by atoms with Crippen LogP contribution in [-0.4, -0.2) is 46.6 Å². The lowest BCUT2D eigenvalue weighted by atomic mass is 10.0. The van der Waals surface area contributed by atoms with Crippen LogP contribution in [0.25, 0.3) is 0 Å². The summed E-state index contributed by atoms with van der Waals surface area (Å²) in [5, 5.41) is 18.6. The van der Waals surface area contributed by atoms with Gasteiger partial charge in [-0.2, -0.15) is 0 Å². The van der Waals surface area contributed by atoms with Crippen molar-refractivity contribution in [3.05, 3.63) is 22.8 Å². The molecular formula is C12H16N2O4. The van der Waals surface area contributed by atoms with Crippen LogP contribution in [0.4, 0.5) is 0 Å². The zero-order valence-corrected chi connectivity index (χ0v) is 10.0. The van der Waals surface area contributed by atoms with Crippen LogP contribution in [0.5, 0.6) is 0 Å². The molecule has 2 aliphatic rings. The van der Waals surface area contributed by atoms with Crippen molar-refractivity contribution in [2.75, 3.05) is 26.4 Å². The van der Waals surface area contributed by atoms with E-state index in [2.05, 4.69) is 9.97 Å². The van der Waals surface area contributed by atoms with Crippen LogP contribution in [0.2, 0.25) is 0 Å². The van der Waals surface area contributed by atoms with Gasteiger partial charge in [-0.25, -0.2) is 0 Å². The Hall–Kier alpha value is -1.08. The van der Waals surface area contributed by atoms with E-state index in [0.717, 1.165) is 22.8 Å². The Morgan fingerprint density at radius 3 is 1.72 bits per heavy atom. The van der Waals surface area contributed by atoms with Crippen LogP contribution in [0.15, 0.2) is 0 Å². The minimum absolute atomic E-state index is 0.0829. The molecule has 6 heteroatoms. The number of rotatable bonds is 2. The number of hydrogen-bond donors (Lipinski definition) is 2. The van der Waals surface area contributed by atoms with Gasteiger partial charge in [0.2, 0.25) is 0 Å². The first kappa shape index (κ1) is 12.0. The Morgan fingerprint density at radius 1 is 0.889 bits per heavy atom. The first-order valence-electron chi connectivity index (χ1n) is 6.18. The third-order valence-corrected chi connectivity index (χ3v) is 3.36. The van der Waals surface area contributed by atoms with Crippen molar-refractivity contribution in [3.63, 3.8) is 0 Å². The zero-order chi connectivity index (χ0) is 12.5. The second-order valence-corrected chi connectivity index (χ2v) is 4.47. The molecule has 2 unspecified atom stereocenters. The minimum Gasteiger partial charge on any atom is -0.393 e. The van der Waals surface area contributed by atoms with Gasteiger partial charge in [0.05, 0.1) is 49.2 Å². The fourth-order valence-electron chi connectivity index (χ4n) is 2.45. The molecule has 0 amide bonds. The van der Waals surface area contributed by atoms with Crippen LogP contribution in [0.3, 0.4) is 0 Å². The predicted molar refractivity (Wildman–Crippen MR) is 61.0 cm³/mol. The van der Waals surface area contributed by atoms with Gasteiger partial charge in [0.1, 0.15) is 12.2 Å². The molecule has 6 nitrogen and oxygen atoms in total. The summed E-state index contributed by atoms with van der Waals surface area (Å²) in [6.07, 6.45) is 0.623. The van der Waals surface area contributed by atoms with Crippen molar-refractivity contribution in [2.45, 2.75) is 25.0 Å². The van der Waals surface area contributed by atoms with Crippen molar-refractivity contribution in [1.82, 2.24) is 9.97 Å². The molecule has 1 aromatic rings. The van der Waals surface area contributed by atoms with Crippen LogP contribution in [0, 0.1) is 0 Å². The van der Waals surface area contributed by atoms with Crippen molar-refractivity contribution in [2.24, 2.45) is 0 Å². The average Bonchev–Trinajstić information content (AvgIpc) is 2.43. The second kappa shape index (κ2) is 4.89. The Labute approximate surface area is 105 Å². The highest BCUT2D eigenvalue weighted by Crippen LogP contribution is 2.29. The summed E-state index contributed by atoms with van der Waals surface area (Å²) >= 11 is 0. The third-order valence-electron chi connectivity index (χ3n) is 3.36. The highest BCUT2D eigenvalue weighted by molar-refractivity contribution is 5.26. The molecule has 0 fully saturated rings. The van der Waals surface area contributed by atoms with Crippen LogP contribution < -0.4 is 0 Å². The van der Waals surface area contributed by atoms with Gasteiger partial charge in [-0.1, -0.05) is 0 Å². The van der Waals surface area contributed by atoms with Crippen LogP contribution in [0.1, 0.15) is 35.0 Å². The van der Waals surface area contributed by atoms with E-state index < -0.39 is 0 Å². The molecule has 0 aromatic carbocycles. The van der Waals surface area contributed by atoms with E-state index in [9.17, 15) is 10.2 Å². The quantitative estimate of drug-likeness (QED) is 0.751. The zero-order valence-electron chi connectivity index (χ0n) is 10.0. The Kier molecular flexibility index (Phi) is 3.25. The molecule has 3 rings (SSSR count). The number of aliphatic hydroxyl groups is 2. The smallest absolute Gasteiger partial charge is 0.124 e. The normalized spacial score (nSPS) is 26.6. The van der Waals surface area contributed by atoms with E-state index in [4.69, 9.17) is 9.47 Å². The lowest BCUT2D eigenvalue weighted by molar-refractivity contribution is -0.00958. The first-order chi connectivity index (χ1) is 8.83. The minimum atomic E-state index is -0.373. The monoisotopic (exact) mass is 252 g/mol. The topological polar surface area (TPSA) is 84.7 Å². The number of fused-ring (bicyclic) bond motifs is 2. The average molecular weight is 252 g/mol. The van der Waals surface area contributed by atoms with E-state index >= 15 is 0 Å². The number of ether oxygens (including phenoxy) is 2. The molecule has 18 heavy (non-hydrogen) atoms. The van der Waals surface area contributed by atoms with Gasteiger partial charge >= 0.3 is 0 Å². The largest absolute Gasteiger partial charge is 0.393 e. The van der Waals surface area contributed by atoms with Gasteiger partial charge in [0.15, 0.2) is 0 Å². The molecule has 0 bridgehead atoms. The third kappa shape index (κ3) is 1.91. The maximum absolute atomic E-state index is 9.28. The predicted octanol–water partition coefficient (Wildman–Crippen LogP) is -0.311. The van der Waals surface area contributed by atoms with E-state index in [0.29, 0.717) is 26.1 Å². The molecule has 0 radical (unpaired) electrons. The second-order valence-electron chi connectivity index (χ2n) is 4.47. The van der Waals surface area contributed by atoms with Crippen molar-refractivity contribution in [3.8, 4) is 0 Å². The highest BCUT2D eigenvalue weighted by Gasteiger charge is 2.29. The maximum Gasteiger partial charge on any atom is 0.124 e. The molecule has 3 heterocycles. The highest BCUT2D eigenvalue weighted by atomic mass is 16.5. The summed E-state index contributed by atoms with van der Waals surface area (Å²) in [5.74, 6) is 0. The molecule has 98 valence electrons. The molecular weight excluding hydrogens is 236 g/mol. The SMILES string of the molecule is OCC1OCCc2nc3c(nc21)CCOC3CO. The summed E-state index contributed by atoms with van der Waals surface area (Å²) in [6, 6.07) is 0. The summed E-state index contributed by atoms with van der Waals surface area (Å²) in [6.45, 7) is 0.910. The summed E-state index contributed by atoms with van der Waals surface area (Å²) in [4.78, 5) is 9.13. The van der Waals surface area contributed by atoms with E-state index in [1.165, 1.54) is 0 Å². The van der Waals surface area contributed by atoms with Gasteiger partial charge < -0.3 is 19.7 Å². The van der Waals surface area contributed by atoms with Gasteiger partial charge in [0.25, 0.3) is 0 Å². The van der Waals surface area contributed by atoms with Gasteiger partial charge in [0, 0.05) is 12.8 Å². The molecule has 0 spiro atoms. The molecule has 0 aliphatic carbocycles. The van der Waals surface area contributed by atoms with Crippen LogP contribution in [-0.2, 0) is 22.3 Å². The summed E-state index contributed by atoms with van der Waals surface area (Å²) < 4.78 is 10.9. The molecule has 2 aliphatic heterocycles. The fraction of sp³-hybridized carbons (Fsp3) is 0.667. The first-order valence-corrected chi connectivity index (χ1v) is 6.18. The van der Waals surface area contributed by atoms with E-state index in [1.807, 2.05) is 0 Å². The van der Waals surface area contributed by atoms with E-state index in [1.54, 1.807) is 0 Å². The van der Waals surface area contributed by atoms with E-state index in [-0.39, 0.29) is 25.4 Å². The van der Waals surface area contributed by atoms with Crippen molar-refractivity contribution >= 4 is 0 Å². The fourth-order valence-corrected chi connectivity index (χ4v) is 2.45. The van der Waals surface area contributed by atoms with Gasteiger partial charge in [-0.3, -0.25) is 9.97 Å². The Morgan fingerprint density at radius 2 is 1.33 bits per heavy atom. The summed E-state index contributed by atoms with van der Waals surface area (Å²) in [5.41, 5.74) is 3.17. The number of aliphatic hydroxyl groups excluding tert-OH is 2. The molecule has 2 N–H and O–H groups in total. The number of nitrogens with zero attached hydrogens (tertiary/aromatic N) is 2. The molecule has 0 saturated heterocycles. The molecule has 0 saturated carbocycles. The molecule has 1 aromatic heterocycles. The van der Waals surface area contributed by atoms with Crippen molar-refractivity contribution < 1.29 is 19.7 Å². The number of hydrogen-bond acceptors (Lipinski definition) is 6. The standard InChI is InChI=1S/C12H16N2O4/c15-5-9-11-7(1-3-17-9)13-12-8(14-11)2-4-18-10(12)6-16/h9-10,15-16H,1-6H2. The van der Waals surface area contributed by atoms with Crippen LogP contribution >= 0.6 is 0 Å². The van der Waals surface area contributed by atoms with Gasteiger partial charge in [-0.05, 0) is 0 Å². The number of aromatic nitrogens is 2. The lowest BCUT2D eigenvalue weighted by Crippen LogP contribution is -2.28.